The zero-order chi connectivity index (χ0) is 18.3. The van der Waals surface area contributed by atoms with Crippen molar-refractivity contribution in [3.8, 4) is 0 Å². The molecule has 3 nitrogen and oxygen atoms in total. The summed E-state index contributed by atoms with van der Waals surface area (Å²) in [5, 5.41) is 1.22. The third kappa shape index (κ3) is 3.35. The van der Waals surface area contributed by atoms with Gasteiger partial charge in [-0.2, -0.15) is 13.2 Å². The van der Waals surface area contributed by atoms with Gasteiger partial charge < -0.3 is 0 Å². The van der Waals surface area contributed by atoms with E-state index in [2.05, 4.69) is 4.98 Å². The minimum absolute atomic E-state index is 0.0481. The van der Waals surface area contributed by atoms with E-state index in [9.17, 15) is 18.0 Å². The van der Waals surface area contributed by atoms with E-state index in [0.717, 1.165) is 30.5 Å². The molecule has 0 unspecified atom stereocenters. The van der Waals surface area contributed by atoms with Crippen LogP contribution >= 0.6 is 11.8 Å². The average molecular weight is 376 g/mol. The molecular formula is C19H15F3N2OS. The van der Waals surface area contributed by atoms with Gasteiger partial charge in [0.2, 0.25) is 0 Å². The lowest BCUT2D eigenvalue weighted by Gasteiger charge is -2.12. The number of fused-ring (bicyclic) bond motifs is 1. The molecule has 4 rings (SSSR count). The summed E-state index contributed by atoms with van der Waals surface area (Å²) in [5.41, 5.74) is 0.690. The van der Waals surface area contributed by atoms with Crippen LogP contribution in [-0.4, -0.2) is 9.55 Å². The first-order valence-electron chi connectivity index (χ1n) is 8.24. The first kappa shape index (κ1) is 17.1. The Morgan fingerprint density at radius 3 is 2.42 bits per heavy atom. The van der Waals surface area contributed by atoms with E-state index >= 15 is 0 Å². The van der Waals surface area contributed by atoms with E-state index in [1.54, 1.807) is 16.7 Å². The van der Waals surface area contributed by atoms with Crippen LogP contribution in [0.4, 0.5) is 13.2 Å². The van der Waals surface area contributed by atoms with Gasteiger partial charge in [0, 0.05) is 11.8 Å². The minimum Gasteiger partial charge on any atom is -0.284 e. The third-order valence-corrected chi connectivity index (χ3v) is 5.36. The molecule has 134 valence electrons. The molecule has 26 heavy (non-hydrogen) atoms. The smallest absolute Gasteiger partial charge is 0.284 e. The van der Waals surface area contributed by atoms with E-state index in [4.69, 9.17) is 0 Å². The van der Waals surface area contributed by atoms with Crippen LogP contribution in [-0.2, 0) is 11.9 Å². The zero-order valence-corrected chi connectivity index (χ0v) is 14.5. The Morgan fingerprint density at radius 1 is 1.08 bits per heavy atom. The largest absolute Gasteiger partial charge is 0.416 e. The van der Waals surface area contributed by atoms with E-state index in [0.29, 0.717) is 21.8 Å². The van der Waals surface area contributed by atoms with Crippen LogP contribution in [0.1, 0.15) is 30.0 Å². The van der Waals surface area contributed by atoms with Crippen molar-refractivity contribution in [3.05, 3.63) is 70.0 Å². The van der Waals surface area contributed by atoms with Crippen LogP contribution in [0, 0.1) is 0 Å². The average Bonchev–Trinajstić information content (AvgIpc) is 3.44. The summed E-state index contributed by atoms with van der Waals surface area (Å²) in [4.78, 5) is 17.4. The van der Waals surface area contributed by atoms with Crippen LogP contribution < -0.4 is 5.56 Å². The maximum Gasteiger partial charge on any atom is 0.416 e. The van der Waals surface area contributed by atoms with Gasteiger partial charge in [-0.1, -0.05) is 36.0 Å². The number of alkyl halides is 3. The van der Waals surface area contributed by atoms with Gasteiger partial charge in [-0.25, -0.2) is 4.98 Å². The summed E-state index contributed by atoms with van der Waals surface area (Å²) in [6, 6.07) is 12.5. The summed E-state index contributed by atoms with van der Waals surface area (Å²) in [6.45, 7) is 0. The van der Waals surface area contributed by atoms with Crippen molar-refractivity contribution < 1.29 is 13.2 Å². The Hall–Kier alpha value is -2.28. The van der Waals surface area contributed by atoms with Crippen LogP contribution in [0.5, 0.6) is 0 Å². The predicted molar refractivity (Wildman–Crippen MR) is 95.3 cm³/mol. The van der Waals surface area contributed by atoms with Crippen molar-refractivity contribution in [2.45, 2.75) is 36.0 Å². The van der Waals surface area contributed by atoms with Gasteiger partial charge in [0.25, 0.3) is 5.56 Å². The van der Waals surface area contributed by atoms with Crippen LogP contribution in [0.15, 0.2) is 58.5 Å². The molecule has 1 aliphatic carbocycles. The monoisotopic (exact) mass is 376 g/mol. The Bertz CT molecular complexity index is 1010. The highest BCUT2D eigenvalue weighted by atomic mass is 32.2. The lowest BCUT2D eigenvalue weighted by molar-refractivity contribution is -0.137. The number of hydrogen-bond donors (Lipinski definition) is 0. The molecule has 1 aromatic heterocycles. The summed E-state index contributed by atoms with van der Waals surface area (Å²) < 4.78 is 39.7. The van der Waals surface area contributed by atoms with Gasteiger partial charge in [0.1, 0.15) is 0 Å². The molecule has 0 bridgehead atoms. The van der Waals surface area contributed by atoms with E-state index in [-0.39, 0.29) is 11.6 Å². The molecule has 0 N–H and O–H groups in total. The molecule has 1 aliphatic rings. The molecule has 0 aliphatic heterocycles. The minimum atomic E-state index is -4.34. The summed E-state index contributed by atoms with van der Waals surface area (Å²) in [6.07, 6.45) is -2.43. The van der Waals surface area contributed by atoms with Gasteiger partial charge in [-0.05, 0) is 42.7 Å². The van der Waals surface area contributed by atoms with Gasteiger partial charge in [-0.15, -0.1) is 0 Å². The lowest BCUT2D eigenvalue weighted by atomic mass is 10.1. The molecule has 1 saturated carbocycles. The molecule has 3 aromatic rings. The number of hydrogen-bond acceptors (Lipinski definition) is 3. The fourth-order valence-electron chi connectivity index (χ4n) is 2.82. The van der Waals surface area contributed by atoms with Crippen LogP contribution in [0.25, 0.3) is 10.9 Å². The molecule has 0 radical (unpaired) electrons. The van der Waals surface area contributed by atoms with Crippen molar-refractivity contribution in [3.63, 3.8) is 0 Å². The first-order chi connectivity index (χ1) is 12.4. The fourth-order valence-corrected chi connectivity index (χ4v) is 3.84. The molecular weight excluding hydrogens is 361 g/mol. The topological polar surface area (TPSA) is 34.9 Å². The van der Waals surface area contributed by atoms with E-state index < -0.39 is 11.7 Å². The van der Waals surface area contributed by atoms with Crippen molar-refractivity contribution in [2.75, 3.05) is 0 Å². The van der Waals surface area contributed by atoms with Crippen molar-refractivity contribution in [2.24, 2.45) is 0 Å². The lowest BCUT2D eigenvalue weighted by Crippen LogP contribution is -2.22. The van der Waals surface area contributed by atoms with Gasteiger partial charge in [0.05, 0.1) is 16.5 Å². The maximum atomic E-state index is 12.8. The number of thioether (sulfide) groups is 1. The fraction of sp³-hybridized carbons (Fsp3) is 0.263. The number of aromatic nitrogens is 2. The second-order valence-electron chi connectivity index (χ2n) is 6.30. The third-order valence-electron chi connectivity index (χ3n) is 4.34. The highest BCUT2D eigenvalue weighted by molar-refractivity contribution is 7.98. The standard InChI is InChI=1S/C19H15F3N2OS/c20-19(21,22)13-7-5-12(6-8-13)11-26-18-23-16-4-2-1-3-15(16)17(25)24(18)14-9-10-14/h1-8,14H,9-11H2. The Kier molecular flexibility index (Phi) is 4.26. The number of halogens is 3. The second-order valence-corrected chi connectivity index (χ2v) is 7.24. The summed E-state index contributed by atoms with van der Waals surface area (Å²) in [5.74, 6) is 0.454. The zero-order valence-electron chi connectivity index (χ0n) is 13.7. The van der Waals surface area contributed by atoms with Gasteiger partial charge in [0.15, 0.2) is 5.16 Å². The van der Waals surface area contributed by atoms with Crippen LogP contribution in [0.3, 0.4) is 0 Å². The van der Waals surface area contributed by atoms with Crippen LogP contribution in [0.2, 0.25) is 0 Å². The van der Waals surface area contributed by atoms with Crippen molar-refractivity contribution in [1.82, 2.24) is 9.55 Å². The summed E-state index contributed by atoms with van der Waals surface area (Å²) in [7, 11) is 0. The highest BCUT2D eigenvalue weighted by Crippen LogP contribution is 2.37. The van der Waals surface area contributed by atoms with E-state index in [1.165, 1.54) is 23.9 Å². The van der Waals surface area contributed by atoms with E-state index in [1.807, 2.05) is 12.1 Å². The number of benzene rings is 2. The Morgan fingerprint density at radius 2 is 1.77 bits per heavy atom. The maximum absolute atomic E-state index is 12.8. The highest BCUT2D eigenvalue weighted by Gasteiger charge is 2.30. The molecule has 0 spiro atoms. The molecule has 0 atom stereocenters. The predicted octanol–water partition coefficient (Wildman–Crippen LogP) is 5.04. The first-order valence-corrected chi connectivity index (χ1v) is 9.22. The number of para-hydroxylation sites is 1. The molecule has 0 saturated heterocycles. The quantitative estimate of drug-likeness (QED) is 0.472. The normalized spacial score (nSPS) is 14.7. The molecule has 1 fully saturated rings. The SMILES string of the molecule is O=c1c2ccccc2nc(SCc2ccc(C(F)(F)F)cc2)n1C1CC1. The molecule has 2 aromatic carbocycles. The molecule has 7 heteroatoms. The summed E-state index contributed by atoms with van der Waals surface area (Å²) >= 11 is 1.38. The molecule has 0 amide bonds. The Labute approximate surface area is 151 Å². The molecule has 1 heterocycles. The number of nitrogens with zero attached hydrogens (tertiary/aromatic N) is 2. The van der Waals surface area contributed by atoms with Crippen molar-refractivity contribution >= 4 is 22.7 Å². The number of rotatable bonds is 4. The van der Waals surface area contributed by atoms with Crippen molar-refractivity contribution in [1.29, 1.82) is 0 Å². The van der Waals surface area contributed by atoms with Gasteiger partial charge in [-0.3, -0.25) is 9.36 Å². The van der Waals surface area contributed by atoms with Gasteiger partial charge >= 0.3 is 6.18 Å². The second kappa shape index (κ2) is 6.46. The Balaban J connectivity index is 1.63.